The van der Waals surface area contributed by atoms with Crippen molar-refractivity contribution < 1.29 is 9.53 Å². The summed E-state index contributed by atoms with van der Waals surface area (Å²) >= 11 is 6.37. The van der Waals surface area contributed by atoms with Gasteiger partial charge in [0.05, 0.1) is 10.7 Å². The number of nitrogens with one attached hydrogen (secondary N) is 1. The minimum atomic E-state index is -0.509. The fourth-order valence-electron chi connectivity index (χ4n) is 2.29. The number of anilines is 1. The van der Waals surface area contributed by atoms with E-state index in [-0.39, 0.29) is 0 Å². The molecular weight excluding hydrogens is 262 g/mol. The van der Waals surface area contributed by atoms with Crippen LogP contribution in [-0.4, -0.2) is 11.7 Å². The molecule has 1 aromatic carbocycles. The number of aryl methyl sites for hydroxylation is 1. The van der Waals surface area contributed by atoms with Crippen molar-refractivity contribution in [1.82, 2.24) is 0 Å². The van der Waals surface area contributed by atoms with Gasteiger partial charge in [-0.3, -0.25) is 5.32 Å². The van der Waals surface area contributed by atoms with Crippen LogP contribution in [0.5, 0.6) is 0 Å². The molecule has 3 nitrogen and oxygen atoms in total. The van der Waals surface area contributed by atoms with E-state index >= 15 is 0 Å². The average Bonchev–Trinajstić information content (AvgIpc) is 2.31. The molecule has 0 aromatic heterocycles. The zero-order valence-electron chi connectivity index (χ0n) is 11.7. The lowest BCUT2D eigenvalue weighted by Gasteiger charge is -2.22. The highest BCUT2D eigenvalue weighted by molar-refractivity contribution is 6.34. The summed E-state index contributed by atoms with van der Waals surface area (Å²) in [6, 6.07) is 3.91. The van der Waals surface area contributed by atoms with Crippen LogP contribution >= 0.6 is 11.6 Å². The van der Waals surface area contributed by atoms with E-state index in [1.807, 2.05) is 32.9 Å². The molecule has 0 saturated carbocycles. The summed E-state index contributed by atoms with van der Waals surface area (Å²) in [7, 11) is 0. The van der Waals surface area contributed by atoms with E-state index in [0.717, 1.165) is 19.3 Å². The molecule has 0 aliphatic heterocycles. The third-order valence-electron chi connectivity index (χ3n) is 3.10. The Morgan fingerprint density at radius 1 is 1.26 bits per heavy atom. The van der Waals surface area contributed by atoms with E-state index < -0.39 is 11.7 Å². The van der Waals surface area contributed by atoms with E-state index in [1.54, 1.807) is 0 Å². The van der Waals surface area contributed by atoms with E-state index in [2.05, 4.69) is 5.32 Å². The minimum Gasteiger partial charge on any atom is -0.444 e. The van der Waals surface area contributed by atoms with Gasteiger partial charge in [-0.2, -0.15) is 0 Å². The number of carbonyl (C=O) groups is 1. The van der Waals surface area contributed by atoms with Gasteiger partial charge in [0.1, 0.15) is 5.60 Å². The summed E-state index contributed by atoms with van der Waals surface area (Å²) in [5.74, 6) is 0. The van der Waals surface area contributed by atoms with E-state index in [4.69, 9.17) is 16.3 Å². The number of fused-ring (bicyclic) bond motifs is 1. The summed E-state index contributed by atoms with van der Waals surface area (Å²) in [4.78, 5) is 11.8. The third kappa shape index (κ3) is 3.63. The summed E-state index contributed by atoms with van der Waals surface area (Å²) in [6.07, 6.45) is 3.95. The summed E-state index contributed by atoms with van der Waals surface area (Å²) in [5.41, 5.74) is 2.59. The van der Waals surface area contributed by atoms with Crippen LogP contribution in [0, 0.1) is 0 Å². The molecule has 19 heavy (non-hydrogen) atoms. The number of benzene rings is 1. The molecule has 4 heteroatoms. The molecule has 0 atom stereocenters. The summed E-state index contributed by atoms with van der Waals surface area (Å²) in [5, 5.41) is 3.38. The maximum Gasteiger partial charge on any atom is 0.412 e. The third-order valence-corrected chi connectivity index (χ3v) is 3.53. The van der Waals surface area contributed by atoms with Crippen molar-refractivity contribution in [3.8, 4) is 0 Å². The van der Waals surface area contributed by atoms with Crippen LogP contribution in [0.25, 0.3) is 0 Å². The fraction of sp³-hybridized carbons (Fsp3) is 0.533. The second-order valence-corrected chi connectivity index (χ2v) is 6.28. The number of ether oxygens (including phenoxy) is 1. The van der Waals surface area contributed by atoms with Crippen LogP contribution in [0.3, 0.4) is 0 Å². The first-order chi connectivity index (χ1) is 8.87. The van der Waals surface area contributed by atoms with Gasteiger partial charge >= 0.3 is 6.09 Å². The molecule has 2 rings (SSSR count). The standard InChI is InChI=1S/C15H20ClNO2/c1-15(2,3)19-14(18)17-12-9-8-10-6-4-5-7-11(10)13(12)16/h8-9H,4-7H2,1-3H3,(H,17,18). The lowest BCUT2D eigenvalue weighted by molar-refractivity contribution is 0.0636. The molecular formula is C15H20ClNO2. The number of rotatable bonds is 1. The Morgan fingerprint density at radius 2 is 1.95 bits per heavy atom. The van der Waals surface area contributed by atoms with Crippen LogP contribution in [0.4, 0.5) is 10.5 Å². The maximum absolute atomic E-state index is 11.8. The average molecular weight is 282 g/mol. The van der Waals surface area contributed by atoms with Crippen LogP contribution in [0.15, 0.2) is 12.1 Å². The predicted octanol–water partition coefficient (Wildman–Crippen LogP) is 4.57. The van der Waals surface area contributed by atoms with Crippen molar-refractivity contribution in [2.24, 2.45) is 0 Å². The number of halogens is 1. The first kappa shape index (κ1) is 14.2. The normalized spacial score (nSPS) is 14.7. The molecule has 0 unspecified atom stereocenters. The van der Waals surface area contributed by atoms with Crippen molar-refractivity contribution in [2.45, 2.75) is 52.1 Å². The number of hydrogen-bond donors (Lipinski definition) is 1. The summed E-state index contributed by atoms with van der Waals surface area (Å²) in [6.45, 7) is 5.50. The second-order valence-electron chi connectivity index (χ2n) is 5.90. The van der Waals surface area contributed by atoms with Gasteiger partial charge in [0.2, 0.25) is 0 Å². The quantitative estimate of drug-likeness (QED) is 0.819. The number of hydrogen-bond acceptors (Lipinski definition) is 2. The zero-order valence-corrected chi connectivity index (χ0v) is 12.4. The van der Waals surface area contributed by atoms with Gasteiger partial charge in [0, 0.05) is 0 Å². The first-order valence-electron chi connectivity index (χ1n) is 6.67. The van der Waals surface area contributed by atoms with Crippen molar-refractivity contribution in [3.05, 3.63) is 28.3 Å². The molecule has 104 valence electrons. The molecule has 0 radical (unpaired) electrons. The highest BCUT2D eigenvalue weighted by Gasteiger charge is 2.19. The van der Waals surface area contributed by atoms with E-state index in [9.17, 15) is 4.79 Å². The molecule has 0 bridgehead atoms. The Labute approximate surface area is 119 Å². The van der Waals surface area contributed by atoms with Crippen molar-refractivity contribution in [3.63, 3.8) is 0 Å². The molecule has 1 N–H and O–H groups in total. The minimum absolute atomic E-state index is 0.467. The molecule has 1 aliphatic carbocycles. The smallest absolute Gasteiger partial charge is 0.412 e. The molecule has 1 aromatic rings. The lowest BCUT2D eigenvalue weighted by atomic mass is 9.91. The Balaban J connectivity index is 2.15. The molecule has 0 fully saturated rings. The monoisotopic (exact) mass is 281 g/mol. The van der Waals surface area contributed by atoms with Crippen LogP contribution in [0.1, 0.15) is 44.7 Å². The molecule has 0 heterocycles. The van der Waals surface area contributed by atoms with Gasteiger partial charge in [0.25, 0.3) is 0 Å². The maximum atomic E-state index is 11.8. The molecule has 1 amide bonds. The highest BCUT2D eigenvalue weighted by Crippen LogP contribution is 2.33. The van der Waals surface area contributed by atoms with Gasteiger partial charge in [-0.05, 0) is 63.6 Å². The predicted molar refractivity (Wildman–Crippen MR) is 78.0 cm³/mol. The second kappa shape index (κ2) is 5.41. The van der Waals surface area contributed by atoms with E-state index in [1.165, 1.54) is 17.5 Å². The molecule has 0 spiro atoms. The van der Waals surface area contributed by atoms with Gasteiger partial charge in [0.15, 0.2) is 0 Å². The van der Waals surface area contributed by atoms with Crippen molar-refractivity contribution in [2.75, 3.05) is 5.32 Å². The lowest BCUT2D eigenvalue weighted by Crippen LogP contribution is -2.27. The number of carbonyl (C=O) groups excluding carboxylic acids is 1. The Kier molecular flexibility index (Phi) is 4.04. The first-order valence-corrected chi connectivity index (χ1v) is 7.05. The Morgan fingerprint density at radius 3 is 2.63 bits per heavy atom. The van der Waals surface area contributed by atoms with Crippen LogP contribution in [-0.2, 0) is 17.6 Å². The molecule has 1 aliphatic rings. The number of amides is 1. The Bertz CT molecular complexity index is 492. The van der Waals surface area contributed by atoms with Gasteiger partial charge in [-0.15, -0.1) is 0 Å². The summed E-state index contributed by atoms with van der Waals surface area (Å²) < 4.78 is 5.23. The topological polar surface area (TPSA) is 38.3 Å². The van der Waals surface area contributed by atoms with Gasteiger partial charge in [-0.25, -0.2) is 4.79 Å². The highest BCUT2D eigenvalue weighted by atomic mass is 35.5. The van der Waals surface area contributed by atoms with Crippen molar-refractivity contribution >= 4 is 23.4 Å². The zero-order chi connectivity index (χ0) is 14.0. The van der Waals surface area contributed by atoms with E-state index in [0.29, 0.717) is 10.7 Å². The van der Waals surface area contributed by atoms with Gasteiger partial charge < -0.3 is 4.74 Å². The van der Waals surface area contributed by atoms with Gasteiger partial charge in [-0.1, -0.05) is 17.7 Å². The largest absolute Gasteiger partial charge is 0.444 e. The van der Waals surface area contributed by atoms with Crippen LogP contribution < -0.4 is 5.32 Å². The molecule has 0 saturated heterocycles. The van der Waals surface area contributed by atoms with Crippen molar-refractivity contribution in [1.29, 1.82) is 0 Å². The fourth-order valence-corrected chi connectivity index (χ4v) is 2.62. The SMILES string of the molecule is CC(C)(C)OC(=O)Nc1ccc2c(c1Cl)CCCC2. The van der Waals surface area contributed by atoms with Crippen LogP contribution in [0.2, 0.25) is 5.02 Å². The Hall–Kier alpha value is -1.22.